The van der Waals surface area contributed by atoms with Gasteiger partial charge in [-0.05, 0) is 72.8 Å². The second-order valence-electron chi connectivity index (χ2n) is 11.1. The monoisotopic (exact) mass is 565 g/mol. The molecule has 0 bridgehead atoms. The van der Waals surface area contributed by atoms with Crippen LogP contribution in [0.3, 0.4) is 0 Å². The molecule has 6 nitrogen and oxygen atoms in total. The van der Waals surface area contributed by atoms with Crippen molar-refractivity contribution >= 4 is 66.5 Å². The zero-order valence-electron chi connectivity index (χ0n) is 23.4. The Morgan fingerprint density at radius 3 is 1.89 bits per heavy atom. The van der Waals surface area contributed by atoms with Crippen LogP contribution in [0.5, 0.6) is 11.5 Å². The molecule has 206 valence electrons. The number of nitrogens with zero attached hydrogens (tertiary/aromatic N) is 5. The zero-order chi connectivity index (χ0) is 28.8. The maximum Gasteiger partial charge on any atom is 0.221 e. The lowest BCUT2D eigenvalue weighted by Crippen LogP contribution is -2.15. The Morgan fingerprint density at radius 2 is 1.09 bits per heavy atom. The molecular weight excluding hydrogens is 542 g/mol. The number of hydrogen-bond donors (Lipinski definition) is 0. The van der Waals surface area contributed by atoms with E-state index < -0.39 is 0 Å². The first-order valence-corrected chi connectivity index (χ1v) is 14.7. The lowest BCUT2D eigenvalue weighted by molar-refractivity contribution is 0.477. The molecule has 10 rings (SSSR count). The van der Waals surface area contributed by atoms with Gasteiger partial charge < -0.3 is 9.64 Å². The lowest BCUT2D eigenvalue weighted by atomic mass is 10.1. The largest absolute Gasteiger partial charge is 0.453 e. The van der Waals surface area contributed by atoms with Gasteiger partial charge in [-0.25, -0.2) is 9.97 Å². The molecule has 0 radical (unpaired) electrons. The molecule has 1 aliphatic heterocycles. The third kappa shape index (κ3) is 3.14. The van der Waals surface area contributed by atoms with Gasteiger partial charge in [0.05, 0.1) is 39.0 Å². The zero-order valence-corrected chi connectivity index (χ0v) is 23.4. The van der Waals surface area contributed by atoms with Gasteiger partial charge in [0.25, 0.3) is 0 Å². The van der Waals surface area contributed by atoms with Crippen LogP contribution < -0.4 is 9.64 Å². The lowest BCUT2D eigenvalue weighted by Gasteiger charge is -2.32. The minimum atomic E-state index is 0.813. The van der Waals surface area contributed by atoms with E-state index in [2.05, 4.69) is 111 Å². The summed E-state index contributed by atoms with van der Waals surface area (Å²) in [6, 6.07) is 48.2. The predicted octanol–water partition coefficient (Wildman–Crippen LogP) is 9.71. The van der Waals surface area contributed by atoms with Crippen LogP contribution >= 0.6 is 0 Å². The molecular formula is C38H23N5O. The van der Waals surface area contributed by atoms with Gasteiger partial charge in [0.2, 0.25) is 5.95 Å². The smallest absolute Gasteiger partial charge is 0.221 e. The quantitative estimate of drug-likeness (QED) is 0.209. The Bertz CT molecular complexity index is 2570. The maximum atomic E-state index is 6.29. The van der Waals surface area contributed by atoms with E-state index in [1.165, 1.54) is 0 Å². The predicted molar refractivity (Wildman–Crippen MR) is 177 cm³/mol. The average Bonchev–Trinajstić information content (AvgIpc) is 3.63. The number of benzene rings is 6. The van der Waals surface area contributed by atoms with Crippen LogP contribution in [-0.4, -0.2) is 18.9 Å². The summed E-state index contributed by atoms with van der Waals surface area (Å²) in [6.45, 7) is 0. The van der Waals surface area contributed by atoms with Crippen molar-refractivity contribution in [3.8, 4) is 17.4 Å². The van der Waals surface area contributed by atoms with Gasteiger partial charge in [-0.1, -0.05) is 66.7 Å². The Hall–Kier alpha value is -6.14. The second-order valence-corrected chi connectivity index (χ2v) is 11.1. The van der Waals surface area contributed by atoms with Crippen molar-refractivity contribution < 1.29 is 4.74 Å². The molecule has 0 saturated carbocycles. The Morgan fingerprint density at radius 1 is 0.477 bits per heavy atom. The summed E-state index contributed by atoms with van der Waals surface area (Å²) >= 11 is 0. The van der Waals surface area contributed by atoms with E-state index in [4.69, 9.17) is 14.7 Å². The van der Waals surface area contributed by atoms with Crippen molar-refractivity contribution in [2.45, 2.75) is 0 Å². The summed E-state index contributed by atoms with van der Waals surface area (Å²) in [5, 5.41) is 3.33. The standard InChI is InChI=1S/C38H23N5O/c1-3-13-28-26(12-1)37-39-29-14-4-6-16-32(29)43(37)38(40-28)42-30-15-5-2-11-25(30)27-23-24(21-22-31(27)42)41-33-17-7-9-19-35(33)44-36-20-10-8-18-34(36)41/h1-23H. The molecule has 0 spiro atoms. The van der Waals surface area contributed by atoms with Crippen LogP contribution in [0.2, 0.25) is 0 Å². The normalized spacial score (nSPS) is 12.7. The molecule has 1 aliphatic rings. The number of para-hydroxylation sites is 8. The molecule has 0 fully saturated rings. The number of aromatic nitrogens is 4. The van der Waals surface area contributed by atoms with Gasteiger partial charge >= 0.3 is 0 Å². The summed E-state index contributed by atoms with van der Waals surface area (Å²) in [5.41, 5.74) is 9.03. The van der Waals surface area contributed by atoms with Crippen molar-refractivity contribution in [1.82, 2.24) is 18.9 Å². The van der Waals surface area contributed by atoms with E-state index in [-0.39, 0.29) is 0 Å². The van der Waals surface area contributed by atoms with E-state index in [1.54, 1.807) is 0 Å². The summed E-state index contributed by atoms with van der Waals surface area (Å²) < 4.78 is 10.8. The SMILES string of the molecule is c1ccc2c(c1)Oc1ccccc1N2c1ccc2c(c1)c1ccccc1n2-c1nc2ccccc2c2nc3ccccc3n12. The highest BCUT2D eigenvalue weighted by Crippen LogP contribution is 2.50. The van der Waals surface area contributed by atoms with E-state index in [0.717, 1.165) is 83.9 Å². The molecule has 6 aromatic carbocycles. The minimum absolute atomic E-state index is 0.813. The molecule has 0 atom stereocenters. The van der Waals surface area contributed by atoms with Gasteiger partial charge in [0.15, 0.2) is 11.5 Å². The van der Waals surface area contributed by atoms with Gasteiger partial charge in [-0.3, -0.25) is 8.97 Å². The Kier molecular flexibility index (Phi) is 4.63. The summed E-state index contributed by atoms with van der Waals surface area (Å²) in [5.74, 6) is 2.49. The van der Waals surface area contributed by atoms with E-state index in [0.29, 0.717) is 0 Å². The fourth-order valence-corrected chi connectivity index (χ4v) is 6.78. The molecule has 0 aliphatic carbocycles. The molecule has 44 heavy (non-hydrogen) atoms. The van der Waals surface area contributed by atoms with Crippen molar-refractivity contribution in [2.24, 2.45) is 0 Å². The molecule has 0 saturated heterocycles. The molecule has 3 aromatic heterocycles. The van der Waals surface area contributed by atoms with Crippen molar-refractivity contribution in [3.05, 3.63) is 140 Å². The van der Waals surface area contributed by atoms with Crippen molar-refractivity contribution in [1.29, 1.82) is 0 Å². The third-order valence-corrected chi connectivity index (χ3v) is 8.67. The molecule has 9 aromatic rings. The first-order valence-electron chi connectivity index (χ1n) is 14.7. The first kappa shape index (κ1) is 23.4. The molecule has 0 N–H and O–H groups in total. The van der Waals surface area contributed by atoms with Crippen LogP contribution in [0.25, 0.3) is 55.3 Å². The second kappa shape index (κ2) is 8.69. The fraction of sp³-hybridized carbons (Fsp3) is 0. The fourth-order valence-electron chi connectivity index (χ4n) is 6.78. The molecule has 0 unspecified atom stereocenters. The number of fused-ring (bicyclic) bond motifs is 10. The summed E-state index contributed by atoms with van der Waals surface area (Å²) in [4.78, 5) is 12.7. The third-order valence-electron chi connectivity index (χ3n) is 8.67. The minimum Gasteiger partial charge on any atom is -0.453 e. The summed E-state index contributed by atoms with van der Waals surface area (Å²) in [6.07, 6.45) is 0. The van der Waals surface area contributed by atoms with Gasteiger partial charge in [0.1, 0.15) is 5.65 Å². The number of imidazole rings is 1. The van der Waals surface area contributed by atoms with Crippen LogP contribution in [0.15, 0.2) is 140 Å². The molecule has 6 heteroatoms. The van der Waals surface area contributed by atoms with Gasteiger partial charge in [-0.15, -0.1) is 0 Å². The molecule has 4 heterocycles. The highest BCUT2D eigenvalue weighted by atomic mass is 16.5. The Labute approximate surface area is 251 Å². The highest BCUT2D eigenvalue weighted by molar-refractivity contribution is 6.11. The molecule has 0 amide bonds. The van der Waals surface area contributed by atoms with E-state index in [1.807, 2.05) is 42.5 Å². The number of ether oxygens (including phenoxy) is 1. The van der Waals surface area contributed by atoms with Crippen LogP contribution in [0.4, 0.5) is 17.1 Å². The van der Waals surface area contributed by atoms with E-state index >= 15 is 0 Å². The number of anilines is 3. The Balaban J connectivity index is 1.30. The van der Waals surface area contributed by atoms with Gasteiger partial charge in [-0.2, -0.15) is 0 Å². The van der Waals surface area contributed by atoms with Crippen LogP contribution in [0, 0.1) is 0 Å². The summed E-state index contributed by atoms with van der Waals surface area (Å²) in [7, 11) is 0. The first-order chi connectivity index (χ1) is 21.8. The van der Waals surface area contributed by atoms with Crippen molar-refractivity contribution in [3.63, 3.8) is 0 Å². The highest BCUT2D eigenvalue weighted by Gasteiger charge is 2.26. The van der Waals surface area contributed by atoms with Crippen LogP contribution in [-0.2, 0) is 0 Å². The van der Waals surface area contributed by atoms with Gasteiger partial charge in [0, 0.05) is 21.8 Å². The number of hydrogen-bond acceptors (Lipinski definition) is 4. The average molecular weight is 566 g/mol. The van der Waals surface area contributed by atoms with Crippen molar-refractivity contribution in [2.75, 3.05) is 4.90 Å². The maximum absolute atomic E-state index is 6.29. The van der Waals surface area contributed by atoms with E-state index in [9.17, 15) is 0 Å². The number of rotatable bonds is 2. The topological polar surface area (TPSA) is 47.6 Å². The van der Waals surface area contributed by atoms with Crippen LogP contribution in [0.1, 0.15) is 0 Å².